The first-order valence-electron chi connectivity index (χ1n) is 6.11. The van der Waals surface area contributed by atoms with Crippen LogP contribution in [0.2, 0.25) is 0 Å². The summed E-state index contributed by atoms with van der Waals surface area (Å²) < 4.78 is 77.7. The van der Waals surface area contributed by atoms with E-state index in [-0.39, 0.29) is 11.3 Å². The van der Waals surface area contributed by atoms with E-state index in [0.29, 0.717) is 0 Å². The van der Waals surface area contributed by atoms with Crippen LogP contribution in [-0.2, 0) is 15.7 Å². The number of amides is 1. The third-order valence-electron chi connectivity index (χ3n) is 2.57. The lowest BCUT2D eigenvalue weighted by Crippen LogP contribution is -2.20. The molecule has 0 aliphatic rings. The van der Waals surface area contributed by atoms with Gasteiger partial charge < -0.3 is 10.1 Å². The van der Waals surface area contributed by atoms with Crippen LogP contribution < -0.4 is 5.32 Å². The van der Waals surface area contributed by atoms with E-state index in [1.54, 1.807) is 0 Å². The van der Waals surface area contributed by atoms with Crippen LogP contribution in [0.1, 0.15) is 17.5 Å². The molecule has 1 aromatic carbocycles. The smallest absolute Gasteiger partial charge is 0.372 e. The molecule has 0 aliphatic heterocycles. The van der Waals surface area contributed by atoms with E-state index in [4.69, 9.17) is 0 Å². The van der Waals surface area contributed by atoms with Crippen LogP contribution in [0.5, 0.6) is 0 Å². The molecule has 0 atom stereocenters. The van der Waals surface area contributed by atoms with Gasteiger partial charge in [-0.1, -0.05) is 6.07 Å². The normalized spacial score (nSPS) is 12.3. The second-order valence-electron chi connectivity index (χ2n) is 4.49. The van der Waals surface area contributed by atoms with Gasteiger partial charge in [-0.05, 0) is 24.6 Å². The molecule has 9 heteroatoms. The van der Waals surface area contributed by atoms with Gasteiger partial charge in [-0.3, -0.25) is 4.79 Å². The van der Waals surface area contributed by atoms with Crippen molar-refractivity contribution in [1.29, 1.82) is 0 Å². The Balaban J connectivity index is 2.55. The molecule has 3 nitrogen and oxygen atoms in total. The zero-order valence-corrected chi connectivity index (χ0v) is 11.4. The van der Waals surface area contributed by atoms with E-state index in [1.807, 2.05) is 0 Å². The van der Waals surface area contributed by atoms with Gasteiger partial charge in [0.25, 0.3) is 0 Å². The number of aryl methyl sites for hydroxylation is 1. The fourth-order valence-corrected chi connectivity index (χ4v) is 1.58. The Kier molecular flexibility index (Phi) is 5.81. The molecule has 0 unspecified atom stereocenters. The Morgan fingerprint density at radius 3 is 2.36 bits per heavy atom. The predicted molar refractivity (Wildman–Crippen MR) is 66.3 cm³/mol. The molecular weight excluding hydrogens is 316 g/mol. The van der Waals surface area contributed by atoms with E-state index in [0.717, 1.165) is 6.07 Å². The van der Waals surface area contributed by atoms with Gasteiger partial charge in [0.2, 0.25) is 5.91 Å². The van der Waals surface area contributed by atoms with Crippen LogP contribution in [0.4, 0.5) is 32.0 Å². The lowest BCUT2D eigenvalue weighted by Gasteiger charge is -2.13. The molecule has 0 radical (unpaired) electrons. The molecule has 1 N–H and O–H groups in total. The molecule has 1 aromatic rings. The van der Waals surface area contributed by atoms with Crippen LogP contribution in [0, 0.1) is 6.92 Å². The molecular formula is C13H13F6NO2. The van der Waals surface area contributed by atoms with Gasteiger partial charge >= 0.3 is 12.4 Å². The number of benzene rings is 1. The van der Waals surface area contributed by atoms with Gasteiger partial charge in [-0.2, -0.15) is 26.3 Å². The average molecular weight is 329 g/mol. The van der Waals surface area contributed by atoms with Crippen LogP contribution in [0.3, 0.4) is 0 Å². The number of ether oxygens (including phenoxy) is 1. The summed E-state index contributed by atoms with van der Waals surface area (Å²) in [5.41, 5.74) is -0.976. The summed E-state index contributed by atoms with van der Waals surface area (Å²) in [5, 5.41) is 2.18. The summed E-state index contributed by atoms with van der Waals surface area (Å²) in [4.78, 5) is 11.4. The number of alkyl halides is 6. The highest BCUT2D eigenvalue weighted by Gasteiger charge is 2.32. The fraction of sp³-hybridized carbons (Fsp3) is 0.462. The quantitative estimate of drug-likeness (QED) is 0.657. The predicted octanol–water partition coefficient (Wildman–Crippen LogP) is 3.92. The number of carbonyl (C=O) groups is 1. The number of carbonyl (C=O) groups excluding carboxylic acids is 1. The Bertz CT molecular complexity index is 524. The summed E-state index contributed by atoms with van der Waals surface area (Å²) in [7, 11) is 0. The van der Waals surface area contributed by atoms with Crippen molar-refractivity contribution in [3.63, 3.8) is 0 Å². The molecule has 0 saturated carbocycles. The molecule has 22 heavy (non-hydrogen) atoms. The van der Waals surface area contributed by atoms with Gasteiger partial charge in [0, 0.05) is 5.69 Å². The van der Waals surface area contributed by atoms with Gasteiger partial charge in [0.15, 0.2) is 0 Å². The largest absolute Gasteiger partial charge is 0.416 e. The maximum atomic E-state index is 12.7. The highest BCUT2D eigenvalue weighted by atomic mass is 19.4. The van der Waals surface area contributed by atoms with Gasteiger partial charge in [0.05, 0.1) is 18.6 Å². The molecule has 0 heterocycles. The number of nitrogens with one attached hydrogen (secondary N) is 1. The van der Waals surface area contributed by atoms with Crippen LogP contribution in [0.15, 0.2) is 18.2 Å². The first-order chi connectivity index (χ1) is 9.99. The number of anilines is 1. The monoisotopic (exact) mass is 329 g/mol. The molecule has 0 fully saturated rings. The fourth-order valence-electron chi connectivity index (χ4n) is 1.58. The van der Waals surface area contributed by atoms with Gasteiger partial charge in [-0.15, -0.1) is 0 Å². The van der Waals surface area contributed by atoms with E-state index >= 15 is 0 Å². The van der Waals surface area contributed by atoms with Crippen LogP contribution in [0.25, 0.3) is 0 Å². The SMILES string of the molecule is Cc1ccc(NC(=O)CCOCC(F)(F)F)cc1C(F)(F)F. The first kappa shape index (κ1) is 18.3. The van der Waals surface area contributed by atoms with E-state index in [1.165, 1.54) is 19.1 Å². The van der Waals surface area contributed by atoms with Crippen molar-refractivity contribution in [2.45, 2.75) is 25.7 Å². The maximum absolute atomic E-state index is 12.7. The Morgan fingerprint density at radius 2 is 1.82 bits per heavy atom. The summed E-state index contributed by atoms with van der Waals surface area (Å²) in [6.45, 7) is -0.689. The van der Waals surface area contributed by atoms with Gasteiger partial charge in [-0.25, -0.2) is 0 Å². The molecule has 124 valence electrons. The van der Waals surface area contributed by atoms with E-state index in [2.05, 4.69) is 10.1 Å². The minimum atomic E-state index is -4.55. The number of hydrogen-bond acceptors (Lipinski definition) is 2. The summed E-state index contributed by atoms with van der Waals surface area (Å²) >= 11 is 0. The van der Waals surface area contributed by atoms with Gasteiger partial charge in [0.1, 0.15) is 6.61 Å². The summed E-state index contributed by atoms with van der Waals surface area (Å²) in [6, 6.07) is 3.24. The number of halogens is 6. The van der Waals surface area contributed by atoms with Crippen molar-refractivity contribution in [2.75, 3.05) is 18.5 Å². The van der Waals surface area contributed by atoms with Crippen molar-refractivity contribution in [1.82, 2.24) is 0 Å². The molecule has 0 saturated heterocycles. The highest BCUT2D eigenvalue weighted by Crippen LogP contribution is 2.33. The summed E-state index contributed by atoms with van der Waals surface area (Å²) in [5.74, 6) is -0.737. The lowest BCUT2D eigenvalue weighted by atomic mass is 10.1. The third-order valence-corrected chi connectivity index (χ3v) is 2.57. The standard InChI is InChI=1S/C13H13F6NO2/c1-8-2-3-9(6-10(8)13(17,18)19)20-11(21)4-5-22-7-12(14,15)16/h2-3,6H,4-5,7H2,1H3,(H,20,21). The summed E-state index contributed by atoms with van der Waals surface area (Å²) in [6.07, 6.45) is -9.44. The Labute approximate surface area is 122 Å². The minimum absolute atomic E-state index is 0.000917. The average Bonchev–Trinajstić information content (AvgIpc) is 2.34. The molecule has 0 aromatic heterocycles. The Morgan fingerprint density at radius 1 is 1.18 bits per heavy atom. The third kappa shape index (κ3) is 6.33. The van der Waals surface area contributed by atoms with Crippen molar-refractivity contribution in [2.24, 2.45) is 0 Å². The highest BCUT2D eigenvalue weighted by molar-refractivity contribution is 5.90. The number of hydrogen-bond donors (Lipinski definition) is 1. The maximum Gasteiger partial charge on any atom is 0.416 e. The van der Waals surface area contributed by atoms with Crippen molar-refractivity contribution >= 4 is 11.6 Å². The van der Waals surface area contributed by atoms with Crippen molar-refractivity contribution in [3.05, 3.63) is 29.3 Å². The Hall–Kier alpha value is -1.77. The van der Waals surface area contributed by atoms with Crippen molar-refractivity contribution in [3.8, 4) is 0 Å². The second kappa shape index (κ2) is 6.99. The topological polar surface area (TPSA) is 38.3 Å². The molecule has 1 amide bonds. The van der Waals surface area contributed by atoms with Crippen molar-refractivity contribution < 1.29 is 35.9 Å². The molecule has 1 rings (SSSR count). The molecule has 0 spiro atoms. The number of rotatable bonds is 5. The molecule has 0 bridgehead atoms. The van der Waals surface area contributed by atoms with E-state index < -0.39 is 43.5 Å². The zero-order valence-electron chi connectivity index (χ0n) is 11.4. The first-order valence-corrected chi connectivity index (χ1v) is 6.11. The lowest BCUT2D eigenvalue weighted by molar-refractivity contribution is -0.174. The van der Waals surface area contributed by atoms with Crippen LogP contribution in [-0.4, -0.2) is 25.3 Å². The van der Waals surface area contributed by atoms with E-state index in [9.17, 15) is 31.1 Å². The second-order valence-corrected chi connectivity index (χ2v) is 4.49. The van der Waals surface area contributed by atoms with Crippen LogP contribution >= 0.6 is 0 Å². The molecule has 0 aliphatic carbocycles. The zero-order chi connectivity index (χ0) is 17.0. The minimum Gasteiger partial charge on any atom is -0.372 e.